The average molecular weight is 466 g/mol. The van der Waals surface area contributed by atoms with Crippen LogP contribution in [0.25, 0.3) is 5.69 Å². The van der Waals surface area contributed by atoms with Gasteiger partial charge in [-0.2, -0.15) is 0 Å². The molecule has 0 aliphatic carbocycles. The number of sulfonamides is 1. The summed E-state index contributed by atoms with van der Waals surface area (Å²) in [6, 6.07) is 15.6. The van der Waals surface area contributed by atoms with Gasteiger partial charge in [-0.15, -0.1) is 5.10 Å². The summed E-state index contributed by atoms with van der Waals surface area (Å²) in [4.78, 5) is 26.4. The predicted octanol–water partition coefficient (Wildman–Crippen LogP) is 1.81. The van der Waals surface area contributed by atoms with E-state index in [0.29, 0.717) is 24.5 Å². The number of nitrogens with two attached hydrogens (primary N) is 1. The molecule has 2 aromatic carbocycles. The lowest BCUT2D eigenvalue weighted by atomic mass is 10.1. The van der Waals surface area contributed by atoms with Crippen LogP contribution in [-0.4, -0.2) is 51.0 Å². The van der Waals surface area contributed by atoms with Crippen molar-refractivity contribution in [3.05, 3.63) is 89.5 Å². The Labute approximate surface area is 191 Å². The molecule has 3 N–H and O–H groups in total. The second kappa shape index (κ2) is 8.96. The fourth-order valence-electron chi connectivity index (χ4n) is 3.35. The van der Waals surface area contributed by atoms with Gasteiger partial charge < -0.3 is 9.88 Å². The number of imidazole rings is 1. The standard InChI is InChI=1S/C22H23N7O3S/c1-15-24-13-17(25-15)14-28(2)22(30)21-26-20(12-16-6-4-3-5-7-16)29(27-21)18-8-10-19(11-9-18)33(23,31)32/h3-11,13H,12,14H2,1-2H3,(H,24,25)(H2,23,31,32). The summed E-state index contributed by atoms with van der Waals surface area (Å²) < 4.78 is 24.7. The summed E-state index contributed by atoms with van der Waals surface area (Å²) >= 11 is 0. The maximum atomic E-state index is 13.0. The van der Waals surface area contributed by atoms with Crippen molar-refractivity contribution in [2.24, 2.45) is 5.14 Å². The Morgan fingerprint density at radius 1 is 1.09 bits per heavy atom. The van der Waals surface area contributed by atoms with E-state index in [9.17, 15) is 13.2 Å². The van der Waals surface area contributed by atoms with Gasteiger partial charge in [0.15, 0.2) is 0 Å². The first-order valence-electron chi connectivity index (χ1n) is 10.1. The second-order valence-corrected chi connectivity index (χ2v) is 9.16. The molecule has 2 aromatic heterocycles. The van der Waals surface area contributed by atoms with Gasteiger partial charge in [-0.3, -0.25) is 4.79 Å². The van der Waals surface area contributed by atoms with Crippen LogP contribution in [0.5, 0.6) is 0 Å². The Morgan fingerprint density at radius 2 is 1.79 bits per heavy atom. The number of aromatic amines is 1. The lowest BCUT2D eigenvalue weighted by Crippen LogP contribution is -2.27. The third kappa shape index (κ3) is 5.16. The number of benzene rings is 2. The first-order valence-corrected chi connectivity index (χ1v) is 11.6. The van der Waals surface area contributed by atoms with Crippen molar-refractivity contribution in [2.75, 3.05) is 7.05 Å². The monoisotopic (exact) mass is 465 g/mol. The quantitative estimate of drug-likeness (QED) is 0.427. The number of aromatic nitrogens is 5. The molecule has 2 heterocycles. The molecule has 0 radical (unpaired) electrons. The second-order valence-electron chi connectivity index (χ2n) is 7.60. The number of H-pyrrole nitrogens is 1. The minimum atomic E-state index is -3.82. The Hall–Kier alpha value is -3.83. The first kappa shape index (κ1) is 22.4. The summed E-state index contributed by atoms with van der Waals surface area (Å²) in [7, 11) is -2.16. The Bertz CT molecular complexity index is 1380. The van der Waals surface area contributed by atoms with Crippen molar-refractivity contribution < 1.29 is 13.2 Å². The van der Waals surface area contributed by atoms with E-state index in [2.05, 4.69) is 20.1 Å². The molecule has 0 fully saturated rings. The third-order valence-electron chi connectivity index (χ3n) is 4.99. The zero-order valence-corrected chi connectivity index (χ0v) is 19.0. The van der Waals surface area contributed by atoms with Gasteiger partial charge in [-0.1, -0.05) is 30.3 Å². The normalized spacial score (nSPS) is 11.5. The van der Waals surface area contributed by atoms with Crippen LogP contribution in [0.1, 0.15) is 33.5 Å². The maximum absolute atomic E-state index is 13.0. The van der Waals surface area contributed by atoms with Gasteiger partial charge in [-0.05, 0) is 36.8 Å². The summed E-state index contributed by atoms with van der Waals surface area (Å²) in [5, 5.41) is 9.64. The van der Waals surface area contributed by atoms with Crippen LogP contribution >= 0.6 is 0 Å². The number of hydrogen-bond donors (Lipinski definition) is 2. The molecular formula is C22H23N7O3S. The molecule has 0 aliphatic rings. The van der Waals surface area contributed by atoms with E-state index in [1.165, 1.54) is 17.0 Å². The molecule has 0 spiro atoms. The molecule has 4 aromatic rings. The van der Waals surface area contributed by atoms with Crippen LogP contribution in [0.3, 0.4) is 0 Å². The van der Waals surface area contributed by atoms with Crippen molar-refractivity contribution >= 4 is 15.9 Å². The number of amides is 1. The molecule has 0 aliphatic heterocycles. The smallest absolute Gasteiger partial charge is 0.293 e. The van der Waals surface area contributed by atoms with Crippen LogP contribution in [0, 0.1) is 6.92 Å². The molecule has 33 heavy (non-hydrogen) atoms. The Kier molecular flexibility index (Phi) is 6.07. The van der Waals surface area contributed by atoms with E-state index in [0.717, 1.165) is 17.1 Å². The van der Waals surface area contributed by atoms with Crippen LogP contribution < -0.4 is 5.14 Å². The van der Waals surface area contributed by atoms with Crippen molar-refractivity contribution in [1.29, 1.82) is 0 Å². The Balaban J connectivity index is 1.68. The summed E-state index contributed by atoms with van der Waals surface area (Å²) in [5.41, 5.74) is 2.28. The van der Waals surface area contributed by atoms with Crippen LogP contribution in [0.4, 0.5) is 0 Å². The molecule has 11 heteroatoms. The van der Waals surface area contributed by atoms with Gasteiger partial charge >= 0.3 is 0 Å². The molecular weight excluding hydrogens is 442 g/mol. The van der Waals surface area contributed by atoms with Gasteiger partial charge in [0.05, 0.1) is 22.8 Å². The molecule has 4 rings (SSSR count). The van der Waals surface area contributed by atoms with E-state index in [1.54, 1.807) is 30.1 Å². The minimum Gasteiger partial charge on any atom is -0.348 e. The average Bonchev–Trinajstić information content (AvgIpc) is 3.39. The van der Waals surface area contributed by atoms with Gasteiger partial charge in [0.1, 0.15) is 11.6 Å². The highest BCUT2D eigenvalue weighted by atomic mass is 32.2. The molecule has 170 valence electrons. The SMILES string of the molecule is Cc1nc(CN(C)C(=O)c2nc(Cc3ccccc3)n(-c3ccc(S(N)(=O)=O)cc3)n2)c[nH]1. The number of carbonyl (C=O) groups excluding carboxylic acids is 1. The van der Waals surface area contributed by atoms with Crippen molar-refractivity contribution in [3.8, 4) is 5.69 Å². The molecule has 0 unspecified atom stereocenters. The lowest BCUT2D eigenvalue weighted by molar-refractivity contribution is 0.0771. The van der Waals surface area contributed by atoms with E-state index in [4.69, 9.17) is 5.14 Å². The highest BCUT2D eigenvalue weighted by Crippen LogP contribution is 2.17. The van der Waals surface area contributed by atoms with Crippen molar-refractivity contribution in [1.82, 2.24) is 29.6 Å². The zero-order valence-electron chi connectivity index (χ0n) is 18.1. The molecule has 0 atom stereocenters. The van der Waals surface area contributed by atoms with Gasteiger partial charge in [0.25, 0.3) is 5.91 Å². The summed E-state index contributed by atoms with van der Waals surface area (Å²) in [6.45, 7) is 2.14. The van der Waals surface area contributed by atoms with E-state index >= 15 is 0 Å². The first-order chi connectivity index (χ1) is 15.7. The number of aryl methyl sites for hydroxylation is 1. The fourth-order valence-corrected chi connectivity index (χ4v) is 3.86. The largest absolute Gasteiger partial charge is 0.348 e. The Morgan fingerprint density at radius 3 is 2.39 bits per heavy atom. The van der Waals surface area contributed by atoms with E-state index < -0.39 is 10.0 Å². The van der Waals surface area contributed by atoms with E-state index in [1.807, 2.05) is 37.3 Å². The molecule has 0 saturated heterocycles. The number of nitrogens with zero attached hydrogens (tertiary/aromatic N) is 5. The van der Waals surface area contributed by atoms with Gasteiger partial charge in [-0.25, -0.2) is 28.2 Å². The van der Waals surface area contributed by atoms with Crippen LogP contribution in [0.2, 0.25) is 0 Å². The molecule has 0 bridgehead atoms. The van der Waals surface area contributed by atoms with E-state index in [-0.39, 0.29) is 16.6 Å². The summed E-state index contributed by atoms with van der Waals surface area (Å²) in [5.74, 6) is 0.981. The number of hydrogen-bond acceptors (Lipinski definition) is 6. The fraction of sp³-hybridized carbons (Fsp3) is 0.182. The highest BCUT2D eigenvalue weighted by Gasteiger charge is 2.22. The topological polar surface area (TPSA) is 140 Å². The number of nitrogens with one attached hydrogen (secondary N) is 1. The van der Waals surface area contributed by atoms with Crippen molar-refractivity contribution in [2.45, 2.75) is 24.8 Å². The lowest BCUT2D eigenvalue weighted by Gasteiger charge is -2.13. The number of primary sulfonamides is 1. The minimum absolute atomic E-state index is 0.0127. The maximum Gasteiger partial charge on any atom is 0.293 e. The molecule has 10 nitrogen and oxygen atoms in total. The van der Waals surface area contributed by atoms with Gasteiger partial charge in [0.2, 0.25) is 15.8 Å². The zero-order chi connectivity index (χ0) is 23.6. The number of carbonyl (C=O) groups is 1. The van der Waals surface area contributed by atoms with Crippen LogP contribution in [0.15, 0.2) is 65.7 Å². The summed E-state index contributed by atoms with van der Waals surface area (Å²) in [6.07, 6.45) is 2.18. The molecule has 0 saturated carbocycles. The predicted molar refractivity (Wildman–Crippen MR) is 121 cm³/mol. The van der Waals surface area contributed by atoms with Crippen molar-refractivity contribution in [3.63, 3.8) is 0 Å². The van der Waals surface area contributed by atoms with Crippen LogP contribution in [-0.2, 0) is 23.0 Å². The van der Waals surface area contributed by atoms with Gasteiger partial charge in [0, 0.05) is 19.7 Å². The third-order valence-corrected chi connectivity index (χ3v) is 5.91. The molecule has 1 amide bonds. The highest BCUT2D eigenvalue weighted by molar-refractivity contribution is 7.89. The number of rotatable bonds is 7.